The number of amides is 2. The zero-order chi connectivity index (χ0) is 22.3. The molecule has 8 heteroatoms. The van der Waals surface area contributed by atoms with E-state index in [9.17, 15) is 14.0 Å². The fourth-order valence-corrected chi connectivity index (χ4v) is 3.99. The van der Waals surface area contributed by atoms with E-state index >= 15 is 0 Å². The van der Waals surface area contributed by atoms with E-state index in [0.717, 1.165) is 22.0 Å². The molecule has 5 nitrogen and oxygen atoms in total. The van der Waals surface area contributed by atoms with Crippen LogP contribution in [0.4, 0.5) is 10.1 Å². The van der Waals surface area contributed by atoms with Crippen LogP contribution < -0.4 is 10.2 Å². The number of halogens is 2. The van der Waals surface area contributed by atoms with E-state index in [1.165, 1.54) is 24.3 Å². The number of benzene rings is 2. The molecule has 0 unspecified atom stereocenters. The van der Waals surface area contributed by atoms with Crippen LogP contribution >= 0.6 is 23.8 Å². The van der Waals surface area contributed by atoms with Crippen molar-refractivity contribution in [3.05, 3.63) is 88.0 Å². The Bertz CT molecular complexity index is 1260. The van der Waals surface area contributed by atoms with Gasteiger partial charge in [-0.3, -0.25) is 19.8 Å². The topological polar surface area (TPSA) is 54.3 Å². The van der Waals surface area contributed by atoms with Gasteiger partial charge < -0.3 is 4.57 Å². The van der Waals surface area contributed by atoms with E-state index in [4.69, 9.17) is 23.8 Å². The maximum absolute atomic E-state index is 13.7. The zero-order valence-electron chi connectivity index (χ0n) is 16.6. The Hall–Kier alpha value is -3.29. The van der Waals surface area contributed by atoms with E-state index in [1.54, 1.807) is 18.2 Å². The number of carbonyl (C=O) groups excluding carboxylic acids is 2. The first-order valence-electron chi connectivity index (χ1n) is 9.38. The second-order valence-corrected chi connectivity index (χ2v) is 7.90. The molecule has 1 aliphatic rings. The van der Waals surface area contributed by atoms with E-state index in [1.807, 2.05) is 36.6 Å². The molecule has 0 radical (unpaired) electrons. The van der Waals surface area contributed by atoms with Crippen LogP contribution in [0, 0.1) is 19.7 Å². The largest absolute Gasteiger partial charge is 0.318 e. The van der Waals surface area contributed by atoms with Gasteiger partial charge in [-0.2, -0.15) is 0 Å². The van der Waals surface area contributed by atoms with Crippen molar-refractivity contribution in [3.63, 3.8) is 0 Å². The third kappa shape index (κ3) is 3.89. The Labute approximate surface area is 188 Å². The monoisotopic (exact) mass is 453 g/mol. The van der Waals surface area contributed by atoms with Gasteiger partial charge in [-0.05, 0) is 86.2 Å². The van der Waals surface area contributed by atoms with Gasteiger partial charge in [0.05, 0.1) is 5.69 Å². The Morgan fingerprint density at radius 3 is 2.42 bits per heavy atom. The molecule has 0 spiro atoms. The smallest absolute Gasteiger partial charge is 0.270 e. The first kappa shape index (κ1) is 21.0. The van der Waals surface area contributed by atoms with Gasteiger partial charge >= 0.3 is 0 Å². The standard InChI is InChI=1S/C23H17ClFN3O2S/c1-13-10-15(14(2)27(13)18-8-6-16(24)7-9-18)11-20-21(29)26-23(31)28(22(20)30)19-5-3-4-17(25)12-19/h3-12H,1-2H3,(H,26,29,31)/b20-11-. The average Bonchev–Trinajstić information content (AvgIpc) is 2.99. The molecule has 1 fully saturated rings. The Morgan fingerprint density at radius 1 is 1.03 bits per heavy atom. The second-order valence-electron chi connectivity index (χ2n) is 7.08. The van der Waals surface area contributed by atoms with E-state index in [-0.39, 0.29) is 16.4 Å². The maximum atomic E-state index is 13.7. The molecular formula is C23H17ClFN3O2S. The summed E-state index contributed by atoms with van der Waals surface area (Å²) < 4.78 is 15.7. The quantitative estimate of drug-likeness (QED) is 0.355. The van der Waals surface area contributed by atoms with Crippen molar-refractivity contribution >= 4 is 52.5 Å². The lowest BCUT2D eigenvalue weighted by Crippen LogP contribution is -2.54. The van der Waals surface area contributed by atoms with Crippen LogP contribution in [0.1, 0.15) is 17.0 Å². The minimum absolute atomic E-state index is 0.0887. The lowest BCUT2D eigenvalue weighted by atomic mass is 10.1. The summed E-state index contributed by atoms with van der Waals surface area (Å²) >= 11 is 11.1. The zero-order valence-corrected chi connectivity index (χ0v) is 18.2. The summed E-state index contributed by atoms with van der Waals surface area (Å²) in [5.74, 6) is -1.73. The first-order valence-corrected chi connectivity index (χ1v) is 10.2. The van der Waals surface area contributed by atoms with Crippen molar-refractivity contribution in [1.82, 2.24) is 9.88 Å². The molecule has 0 saturated carbocycles. The van der Waals surface area contributed by atoms with Crippen molar-refractivity contribution in [2.75, 3.05) is 4.90 Å². The van der Waals surface area contributed by atoms with Crippen LogP contribution in [0.5, 0.6) is 0 Å². The van der Waals surface area contributed by atoms with Crippen LogP contribution in [0.25, 0.3) is 11.8 Å². The van der Waals surface area contributed by atoms with Gasteiger partial charge in [-0.1, -0.05) is 17.7 Å². The fraction of sp³-hybridized carbons (Fsp3) is 0.0870. The number of thiocarbonyl (C=S) groups is 1. The first-order chi connectivity index (χ1) is 14.8. The molecular weight excluding hydrogens is 437 g/mol. The number of hydrogen-bond donors (Lipinski definition) is 1. The van der Waals surface area contributed by atoms with Crippen LogP contribution in [0.2, 0.25) is 5.02 Å². The minimum Gasteiger partial charge on any atom is -0.318 e. The number of aryl methyl sites for hydroxylation is 1. The highest BCUT2D eigenvalue weighted by atomic mass is 35.5. The van der Waals surface area contributed by atoms with Gasteiger partial charge in [0.25, 0.3) is 11.8 Å². The van der Waals surface area contributed by atoms with Gasteiger partial charge in [-0.15, -0.1) is 0 Å². The van der Waals surface area contributed by atoms with E-state index in [0.29, 0.717) is 10.6 Å². The lowest BCUT2D eigenvalue weighted by Gasteiger charge is -2.28. The SMILES string of the molecule is Cc1cc(/C=C2/C(=O)NC(=S)N(c3cccc(F)c3)C2=O)c(C)n1-c1ccc(Cl)cc1. The van der Waals surface area contributed by atoms with Crippen LogP contribution in [0.3, 0.4) is 0 Å². The molecule has 1 aromatic heterocycles. The summed E-state index contributed by atoms with van der Waals surface area (Å²) in [6, 6.07) is 14.7. The van der Waals surface area contributed by atoms with Crippen molar-refractivity contribution < 1.29 is 14.0 Å². The van der Waals surface area contributed by atoms with Gasteiger partial charge in [0.1, 0.15) is 11.4 Å². The van der Waals surface area contributed by atoms with Crippen LogP contribution in [0.15, 0.2) is 60.2 Å². The molecule has 1 saturated heterocycles. The summed E-state index contributed by atoms with van der Waals surface area (Å²) in [5.41, 5.74) is 3.54. The van der Waals surface area contributed by atoms with Gasteiger partial charge in [-0.25, -0.2) is 4.39 Å². The molecule has 3 aromatic rings. The Balaban J connectivity index is 1.76. The number of hydrogen-bond acceptors (Lipinski definition) is 3. The van der Waals surface area contributed by atoms with Crippen molar-refractivity contribution in [1.29, 1.82) is 0 Å². The van der Waals surface area contributed by atoms with E-state index in [2.05, 4.69) is 5.32 Å². The molecule has 2 amide bonds. The number of aromatic nitrogens is 1. The highest BCUT2D eigenvalue weighted by Crippen LogP contribution is 2.26. The van der Waals surface area contributed by atoms with Crippen molar-refractivity contribution in [3.8, 4) is 5.69 Å². The second kappa shape index (κ2) is 8.09. The van der Waals surface area contributed by atoms with Gasteiger partial charge in [0.2, 0.25) is 0 Å². The third-order valence-electron chi connectivity index (χ3n) is 5.02. The van der Waals surface area contributed by atoms with Crippen molar-refractivity contribution in [2.24, 2.45) is 0 Å². The molecule has 0 aliphatic carbocycles. The minimum atomic E-state index is -0.615. The molecule has 1 N–H and O–H groups in total. The van der Waals surface area contributed by atoms with Crippen LogP contribution in [-0.4, -0.2) is 21.5 Å². The Morgan fingerprint density at radius 2 is 1.74 bits per heavy atom. The van der Waals surface area contributed by atoms with Gasteiger partial charge in [0.15, 0.2) is 5.11 Å². The summed E-state index contributed by atoms with van der Waals surface area (Å²) in [6.45, 7) is 3.83. The molecule has 2 aromatic carbocycles. The Kier molecular flexibility index (Phi) is 5.47. The molecule has 31 heavy (non-hydrogen) atoms. The summed E-state index contributed by atoms with van der Waals surface area (Å²) in [4.78, 5) is 26.8. The fourth-order valence-electron chi connectivity index (χ4n) is 3.58. The molecule has 1 aliphatic heterocycles. The maximum Gasteiger partial charge on any atom is 0.270 e. The average molecular weight is 454 g/mol. The van der Waals surface area contributed by atoms with Crippen LogP contribution in [-0.2, 0) is 9.59 Å². The number of nitrogens with one attached hydrogen (secondary N) is 1. The summed E-state index contributed by atoms with van der Waals surface area (Å²) in [6.07, 6.45) is 1.53. The molecule has 4 rings (SSSR count). The van der Waals surface area contributed by atoms with Gasteiger partial charge in [0, 0.05) is 22.1 Å². The number of anilines is 1. The highest BCUT2D eigenvalue weighted by molar-refractivity contribution is 7.80. The normalized spacial score (nSPS) is 15.5. The van der Waals surface area contributed by atoms with E-state index < -0.39 is 17.6 Å². The molecule has 0 bridgehead atoms. The predicted octanol–water partition coefficient (Wildman–Crippen LogP) is 4.72. The van der Waals surface area contributed by atoms with Crippen molar-refractivity contribution in [2.45, 2.75) is 13.8 Å². The molecule has 2 heterocycles. The third-order valence-corrected chi connectivity index (χ3v) is 5.56. The summed E-state index contributed by atoms with van der Waals surface area (Å²) in [7, 11) is 0. The number of carbonyl (C=O) groups is 2. The highest BCUT2D eigenvalue weighted by Gasteiger charge is 2.34. The molecule has 156 valence electrons. The number of nitrogens with zero attached hydrogens (tertiary/aromatic N) is 2. The molecule has 0 atom stereocenters. The summed E-state index contributed by atoms with van der Waals surface area (Å²) in [5, 5.41) is 3.05. The number of rotatable bonds is 3. The lowest BCUT2D eigenvalue weighted by molar-refractivity contribution is -0.122. The predicted molar refractivity (Wildman–Crippen MR) is 123 cm³/mol.